The Morgan fingerprint density at radius 1 is 1.00 bits per heavy atom. The molecule has 0 radical (unpaired) electrons. The van der Waals surface area contributed by atoms with Crippen LogP contribution < -0.4 is 0 Å². The average molecular weight is 479 g/mol. The number of Topliss-reactive ketones (excluding diaryl/α,β-unsaturated/α-hetero) is 1. The minimum atomic E-state index is -0.316. The van der Waals surface area contributed by atoms with Crippen LogP contribution in [0.2, 0.25) is 0 Å². The molecule has 0 saturated heterocycles. The van der Waals surface area contributed by atoms with Crippen molar-refractivity contribution in [2.45, 2.75) is 24.3 Å². The number of ketones is 1. The molecule has 7 heteroatoms. The standard InChI is InChI=1S/C23H19BrN4OS/c1-15-5-3-4-6-20(15)28-22(18-11-13-25-14-12-18)26-27-23(28)30-16(2)21(29)17-7-9-19(24)10-8-17/h3-14,16H,1-2H3/t16-/m0/s1. The molecule has 2 aromatic heterocycles. The summed E-state index contributed by atoms with van der Waals surface area (Å²) >= 11 is 4.82. The van der Waals surface area contributed by atoms with Crippen molar-refractivity contribution >= 4 is 33.5 Å². The van der Waals surface area contributed by atoms with Crippen LogP contribution in [0.15, 0.2) is 82.7 Å². The predicted molar refractivity (Wildman–Crippen MR) is 123 cm³/mol. The second kappa shape index (κ2) is 8.93. The Morgan fingerprint density at radius 3 is 2.40 bits per heavy atom. The van der Waals surface area contributed by atoms with E-state index in [2.05, 4.69) is 44.1 Å². The van der Waals surface area contributed by atoms with E-state index < -0.39 is 0 Å². The van der Waals surface area contributed by atoms with Gasteiger partial charge in [0.05, 0.1) is 10.9 Å². The molecule has 2 heterocycles. The summed E-state index contributed by atoms with van der Waals surface area (Å²) in [5, 5.41) is 9.24. The molecular weight excluding hydrogens is 460 g/mol. The number of aryl methyl sites for hydroxylation is 1. The van der Waals surface area contributed by atoms with Gasteiger partial charge in [-0.2, -0.15) is 0 Å². The van der Waals surface area contributed by atoms with E-state index >= 15 is 0 Å². The lowest BCUT2D eigenvalue weighted by atomic mass is 10.1. The third-order valence-corrected chi connectivity index (χ3v) is 6.28. The molecule has 4 rings (SSSR count). The molecule has 0 fully saturated rings. The Balaban J connectivity index is 1.73. The number of benzene rings is 2. The molecule has 5 nitrogen and oxygen atoms in total. The maximum Gasteiger partial charge on any atom is 0.196 e. The number of carbonyl (C=O) groups excluding carboxylic acids is 1. The van der Waals surface area contributed by atoms with Crippen LogP contribution in [0.5, 0.6) is 0 Å². The largest absolute Gasteiger partial charge is 0.293 e. The van der Waals surface area contributed by atoms with Crippen molar-refractivity contribution in [3.05, 3.63) is 88.7 Å². The Kier molecular flexibility index (Phi) is 6.11. The van der Waals surface area contributed by atoms with Crippen LogP contribution in [-0.4, -0.2) is 30.8 Å². The molecule has 0 aliphatic rings. The molecule has 0 amide bonds. The molecule has 4 aromatic rings. The number of hydrogen-bond acceptors (Lipinski definition) is 5. The normalized spacial score (nSPS) is 12.0. The minimum absolute atomic E-state index is 0.0531. The summed E-state index contributed by atoms with van der Waals surface area (Å²) < 4.78 is 2.96. The van der Waals surface area contributed by atoms with Gasteiger partial charge in [-0.25, -0.2) is 0 Å². The fourth-order valence-corrected chi connectivity index (χ4v) is 4.33. The van der Waals surface area contributed by atoms with E-state index in [4.69, 9.17) is 0 Å². The summed E-state index contributed by atoms with van der Waals surface area (Å²) in [7, 11) is 0. The first-order valence-electron chi connectivity index (χ1n) is 9.43. The van der Waals surface area contributed by atoms with Gasteiger partial charge in [-0.15, -0.1) is 10.2 Å². The molecule has 0 bridgehead atoms. The van der Waals surface area contributed by atoms with E-state index in [0.29, 0.717) is 10.7 Å². The van der Waals surface area contributed by atoms with E-state index in [1.807, 2.05) is 66.1 Å². The summed E-state index contributed by atoms with van der Waals surface area (Å²) in [6.07, 6.45) is 3.47. The van der Waals surface area contributed by atoms with E-state index in [1.165, 1.54) is 11.8 Å². The summed E-state index contributed by atoms with van der Waals surface area (Å²) in [6.45, 7) is 3.95. The monoisotopic (exact) mass is 478 g/mol. The Morgan fingerprint density at radius 2 is 1.70 bits per heavy atom. The molecule has 2 aromatic carbocycles. The van der Waals surface area contributed by atoms with Gasteiger partial charge >= 0.3 is 0 Å². The van der Waals surface area contributed by atoms with Crippen molar-refractivity contribution in [3.8, 4) is 17.1 Å². The highest BCUT2D eigenvalue weighted by Gasteiger charge is 2.23. The van der Waals surface area contributed by atoms with Crippen molar-refractivity contribution < 1.29 is 4.79 Å². The Hall–Kier alpha value is -2.77. The molecule has 0 aliphatic carbocycles. The fraction of sp³-hybridized carbons (Fsp3) is 0.130. The second-order valence-corrected chi connectivity index (χ2v) is 9.02. The number of para-hydroxylation sites is 1. The molecule has 0 unspecified atom stereocenters. The highest BCUT2D eigenvalue weighted by Crippen LogP contribution is 2.32. The molecule has 150 valence electrons. The average Bonchev–Trinajstić information content (AvgIpc) is 3.18. The van der Waals surface area contributed by atoms with E-state index in [1.54, 1.807) is 12.4 Å². The number of aromatic nitrogens is 4. The third-order valence-electron chi connectivity index (χ3n) is 4.71. The number of rotatable bonds is 6. The van der Waals surface area contributed by atoms with E-state index in [0.717, 1.165) is 27.1 Å². The lowest BCUT2D eigenvalue weighted by Gasteiger charge is -2.15. The van der Waals surface area contributed by atoms with Crippen molar-refractivity contribution in [3.63, 3.8) is 0 Å². The number of nitrogens with zero attached hydrogens (tertiary/aromatic N) is 4. The van der Waals surface area contributed by atoms with Gasteiger partial charge in [0.1, 0.15) is 0 Å². The predicted octanol–water partition coefficient (Wildman–Crippen LogP) is 5.76. The molecule has 0 aliphatic heterocycles. The van der Waals surface area contributed by atoms with Gasteiger partial charge in [-0.1, -0.05) is 58.0 Å². The van der Waals surface area contributed by atoms with Gasteiger partial charge < -0.3 is 0 Å². The molecule has 0 N–H and O–H groups in total. The van der Waals surface area contributed by atoms with Crippen molar-refractivity contribution in [1.82, 2.24) is 19.7 Å². The molecule has 1 atom stereocenters. The highest BCUT2D eigenvalue weighted by atomic mass is 79.9. The quantitative estimate of drug-likeness (QED) is 0.260. The number of carbonyl (C=O) groups is 1. The van der Waals surface area contributed by atoms with Crippen LogP contribution in [-0.2, 0) is 0 Å². The van der Waals surface area contributed by atoms with Gasteiger partial charge in [-0.05, 0) is 49.7 Å². The van der Waals surface area contributed by atoms with Gasteiger partial charge in [-0.3, -0.25) is 14.3 Å². The maximum absolute atomic E-state index is 12.9. The zero-order valence-electron chi connectivity index (χ0n) is 16.5. The number of hydrogen-bond donors (Lipinski definition) is 0. The smallest absolute Gasteiger partial charge is 0.196 e. The lowest BCUT2D eigenvalue weighted by molar-refractivity contribution is 0.0994. The van der Waals surface area contributed by atoms with Gasteiger partial charge in [0.2, 0.25) is 0 Å². The van der Waals surface area contributed by atoms with E-state index in [9.17, 15) is 4.79 Å². The van der Waals surface area contributed by atoms with Crippen LogP contribution in [0.25, 0.3) is 17.1 Å². The van der Waals surface area contributed by atoms with Crippen LogP contribution in [0.3, 0.4) is 0 Å². The summed E-state index contributed by atoms with van der Waals surface area (Å²) in [4.78, 5) is 17.0. The third kappa shape index (κ3) is 4.22. The lowest BCUT2D eigenvalue weighted by Crippen LogP contribution is -2.14. The first-order chi connectivity index (χ1) is 14.5. The van der Waals surface area contributed by atoms with Crippen LogP contribution >= 0.6 is 27.7 Å². The topological polar surface area (TPSA) is 60.7 Å². The van der Waals surface area contributed by atoms with Crippen molar-refractivity contribution in [2.75, 3.05) is 0 Å². The van der Waals surface area contributed by atoms with Crippen LogP contribution in [0.1, 0.15) is 22.8 Å². The van der Waals surface area contributed by atoms with Crippen molar-refractivity contribution in [2.24, 2.45) is 0 Å². The van der Waals surface area contributed by atoms with Crippen molar-refractivity contribution in [1.29, 1.82) is 0 Å². The molecule has 0 spiro atoms. The molecule has 0 saturated carbocycles. The first-order valence-corrected chi connectivity index (χ1v) is 11.1. The molecular formula is C23H19BrN4OS. The molecule has 30 heavy (non-hydrogen) atoms. The zero-order chi connectivity index (χ0) is 21.1. The Bertz CT molecular complexity index is 1180. The highest BCUT2D eigenvalue weighted by molar-refractivity contribution is 9.10. The minimum Gasteiger partial charge on any atom is -0.293 e. The summed E-state index contributed by atoms with van der Waals surface area (Å²) in [5.74, 6) is 0.773. The van der Waals surface area contributed by atoms with E-state index in [-0.39, 0.29) is 11.0 Å². The first kappa shape index (κ1) is 20.5. The van der Waals surface area contributed by atoms with Crippen LogP contribution in [0, 0.1) is 6.92 Å². The fourth-order valence-electron chi connectivity index (χ4n) is 3.13. The number of halogens is 1. The maximum atomic E-state index is 12.9. The van der Waals surface area contributed by atoms with Crippen LogP contribution in [0.4, 0.5) is 0 Å². The summed E-state index contributed by atoms with van der Waals surface area (Å²) in [6, 6.07) is 19.3. The van der Waals surface area contributed by atoms with Gasteiger partial charge in [0.15, 0.2) is 16.8 Å². The number of thioether (sulfide) groups is 1. The SMILES string of the molecule is Cc1ccccc1-n1c(S[C@@H](C)C(=O)c2ccc(Br)cc2)nnc1-c1ccncc1. The number of pyridine rings is 1. The van der Waals surface area contributed by atoms with Gasteiger partial charge in [0.25, 0.3) is 0 Å². The Labute approximate surface area is 187 Å². The summed E-state index contributed by atoms with van der Waals surface area (Å²) in [5.41, 5.74) is 3.68. The second-order valence-electron chi connectivity index (χ2n) is 6.80. The van der Waals surface area contributed by atoms with Gasteiger partial charge in [0, 0.05) is 28.0 Å². The zero-order valence-corrected chi connectivity index (χ0v) is 18.9.